The van der Waals surface area contributed by atoms with Crippen LogP contribution < -0.4 is 0 Å². The Bertz CT molecular complexity index is 570. The van der Waals surface area contributed by atoms with Gasteiger partial charge in [0, 0.05) is 13.3 Å². The van der Waals surface area contributed by atoms with E-state index in [-0.39, 0.29) is 29.8 Å². The summed E-state index contributed by atoms with van der Waals surface area (Å²) in [5, 5.41) is 0.103. The average molecular weight is 587 g/mol. The molecule has 0 aliphatic rings. The van der Waals surface area contributed by atoms with Crippen LogP contribution in [0.3, 0.4) is 0 Å². The number of carbonyl (C=O) groups excluding carboxylic acids is 1. The summed E-state index contributed by atoms with van der Waals surface area (Å²) < 4.78 is 19.7. The van der Waals surface area contributed by atoms with E-state index >= 15 is 0 Å². The predicted molar refractivity (Wildman–Crippen MR) is 140 cm³/mol. The van der Waals surface area contributed by atoms with Gasteiger partial charge in [0.2, 0.25) is 0 Å². The molecule has 0 bridgehead atoms. The summed E-state index contributed by atoms with van der Waals surface area (Å²) in [6.07, 6.45) is 6.39. The molecule has 0 rings (SSSR count). The van der Waals surface area contributed by atoms with Crippen molar-refractivity contribution in [1.82, 2.24) is 0 Å². The van der Waals surface area contributed by atoms with Crippen molar-refractivity contribution in [3.63, 3.8) is 0 Å². The number of ether oxygens (including phenoxy) is 1. The van der Waals surface area contributed by atoms with Crippen LogP contribution in [0.2, 0.25) is 36.3 Å². The van der Waals surface area contributed by atoms with Gasteiger partial charge >= 0.3 is 5.97 Å². The van der Waals surface area contributed by atoms with Crippen molar-refractivity contribution in [3.8, 4) is 0 Å². The molecule has 2 atom stereocenters. The molecule has 0 aliphatic carbocycles. The van der Waals surface area contributed by atoms with E-state index in [1.807, 2.05) is 12.2 Å². The maximum Gasteiger partial charge on any atom is 0.302 e. The first-order valence-corrected chi connectivity index (χ1v) is 17.9. The molecule has 30 heavy (non-hydrogen) atoms. The van der Waals surface area contributed by atoms with Gasteiger partial charge in [0.05, 0.1) is 15.6 Å². The molecular weight excluding hydrogens is 544 g/mol. The molecule has 0 unspecified atom stereocenters. The molecule has 8 heteroatoms. The van der Waals surface area contributed by atoms with Gasteiger partial charge in [-0.3, -0.25) is 4.79 Å². The molecule has 0 N–H and O–H groups in total. The van der Waals surface area contributed by atoms with Crippen molar-refractivity contribution in [2.45, 2.75) is 103 Å². The van der Waals surface area contributed by atoms with Crippen molar-refractivity contribution in [3.05, 3.63) is 21.6 Å². The highest BCUT2D eigenvalue weighted by molar-refractivity contribution is 9.28. The molecule has 0 saturated heterocycles. The maximum absolute atomic E-state index is 11.5. The number of esters is 1. The van der Waals surface area contributed by atoms with Crippen LogP contribution in [-0.2, 0) is 18.4 Å². The topological polar surface area (TPSA) is 44.8 Å². The molecule has 0 saturated carbocycles. The first-order chi connectivity index (χ1) is 13.7. The van der Waals surface area contributed by atoms with Crippen LogP contribution in [0.1, 0.15) is 54.9 Å². The van der Waals surface area contributed by atoms with Crippen LogP contribution >= 0.6 is 31.9 Å². The highest BCUT2D eigenvalue weighted by Gasteiger charge is 2.40. The Morgan fingerprint density at radius 2 is 1.57 bits per heavy atom. The van der Waals surface area contributed by atoms with E-state index < -0.39 is 16.6 Å². The van der Waals surface area contributed by atoms with Crippen LogP contribution in [0.15, 0.2) is 21.6 Å². The Morgan fingerprint density at radius 3 is 1.97 bits per heavy atom. The molecule has 176 valence electrons. The molecule has 0 aromatic heterocycles. The van der Waals surface area contributed by atoms with Gasteiger partial charge in [-0.1, -0.05) is 53.7 Å². The second-order valence-corrected chi connectivity index (χ2v) is 21.5. The molecule has 0 heterocycles. The fraction of sp³-hybridized carbons (Fsp3) is 0.773. The van der Waals surface area contributed by atoms with Crippen LogP contribution in [0.25, 0.3) is 0 Å². The lowest BCUT2D eigenvalue weighted by Gasteiger charge is -2.40. The molecule has 0 amide bonds. The van der Waals surface area contributed by atoms with Crippen LogP contribution in [0, 0.1) is 0 Å². The maximum atomic E-state index is 11.5. The van der Waals surface area contributed by atoms with Crippen molar-refractivity contribution in [2.75, 3.05) is 6.61 Å². The van der Waals surface area contributed by atoms with Crippen molar-refractivity contribution in [1.29, 1.82) is 0 Å². The van der Waals surface area contributed by atoms with E-state index in [1.54, 1.807) is 0 Å². The third-order valence-electron chi connectivity index (χ3n) is 6.12. The van der Waals surface area contributed by atoms with E-state index in [2.05, 4.69) is 92.6 Å². The fourth-order valence-electron chi connectivity index (χ4n) is 2.95. The number of halogens is 2. The van der Waals surface area contributed by atoms with E-state index in [1.165, 1.54) is 6.92 Å². The number of rotatable bonds is 13. The zero-order chi connectivity index (χ0) is 23.6. The Morgan fingerprint density at radius 1 is 1.03 bits per heavy atom. The summed E-state index contributed by atoms with van der Waals surface area (Å²) in [4.78, 5) is 11.5. The zero-order valence-electron chi connectivity index (χ0n) is 20.3. The highest BCUT2D eigenvalue weighted by Crippen LogP contribution is 2.38. The smallest absolute Gasteiger partial charge is 0.302 e. The zero-order valence-corrected chi connectivity index (χ0v) is 25.5. The molecule has 0 aromatic carbocycles. The van der Waals surface area contributed by atoms with E-state index in [0.717, 1.165) is 21.5 Å². The standard InChI is InChI=1S/C22H42Br2O4Si2/c1-10-30(11-2,12-3)28-20(17-26-18(4)25)16-19(14-13-15-21(23)24)27-29(8,9)22(5,6)7/h13-15,19-20H,10-12,16-17H2,1-9H3/b14-13-/t19-,20+/m0/s1. The summed E-state index contributed by atoms with van der Waals surface area (Å²) in [5.41, 5.74) is 0. The third kappa shape index (κ3) is 11.2. The second kappa shape index (κ2) is 13.7. The largest absolute Gasteiger partial charge is 0.463 e. The number of hydrogen-bond donors (Lipinski definition) is 0. The quantitative estimate of drug-likeness (QED) is 0.125. The van der Waals surface area contributed by atoms with E-state index in [9.17, 15) is 4.79 Å². The van der Waals surface area contributed by atoms with Gasteiger partial charge in [0.25, 0.3) is 0 Å². The number of carbonyl (C=O) groups is 1. The lowest BCUT2D eigenvalue weighted by atomic mass is 10.1. The summed E-state index contributed by atoms with van der Waals surface area (Å²) in [6.45, 7) is 19.6. The average Bonchev–Trinajstić information content (AvgIpc) is 2.62. The lowest BCUT2D eigenvalue weighted by Crippen LogP contribution is -2.46. The SMILES string of the molecule is CC[Si](CC)(CC)O[C@@H](COC(C)=O)C[C@H](/C=C\C=C(Br)Br)O[Si](C)(C)C(C)(C)C. The van der Waals surface area contributed by atoms with Gasteiger partial charge in [-0.25, -0.2) is 0 Å². The van der Waals surface area contributed by atoms with Crippen LogP contribution in [0.4, 0.5) is 0 Å². The minimum absolute atomic E-state index is 0.103. The second-order valence-electron chi connectivity index (χ2n) is 9.28. The van der Waals surface area contributed by atoms with Crippen LogP contribution in [-0.4, -0.2) is 41.4 Å². The summed E-state index contributed by atoms with van der Waals surface area (Å²) in [5.74, 6) is -0.274. The molecule has 4 nitrogen and oxygen atoms in total. The molecule has 0 radical (unpaired) electrons. The van der Waals surface area contributed by atoms with Crippen molar-refractivity contribution >= 4 is 54.5 Å². The van der Waals surface area contributed by atoms with Crippen molar-refractivity contribution < 1.29 is 18.4 Å². The minimum Gasteiger partial charge on any atom is -0.463 e. The Hall–Kier alpha value is 0.264. The fourth-order valence-corrected chi connectivity index (χ4v) is 7.41. The Labute approximate surface area is 203 Å². The monoisotopic (exact) mass is 584 g/mol. The van der Waals surface area contributed by atoms with Gasteiger partial charge in [-0.15, -0.1) is 0 Å². The Kier molecular flexibility index (Phi) is 13.9. The summed E-state index contributed by atoms with van der Waals surface area (Å²) in [6, 6.07) is 3.17. The molecule has 0 spiro atoms. The van der Waals surface area contributed by atoms with Gasteiger partial charge in [0.15, 0.2) is 16.6 Å². The van der Waals surface area contributed by atoms with Gasteiger partial charge in [-0.05, 0) is 74.2 Å². The lowest BCUT2D eigenvalue weighted by molar-refractivity contribution is -0.143. The minimum atomic E-state index is -1.99. The van der Waals surface area contributed by atoms with Gasteiger partial charge in [0.1, 0.15) is 6.61 Å². The Balaban J connectivity index is 5.77. The molecule has 0 aliphatic heterocycles. The van der Waals surface area contributed by atoms with Gasteiger partial charge in [-0.2, -0.15) is 0 Å². The third-order valence-corrected chi connectivity index (χ3v) is 15.8. The van der Waals surface area contributed by atoms with Crippen molar-refractivity contribution in [2.24, 2.45) is 0 Å². The number of hydrogen-bond acceptors (Lipinski definition) is 4. The van der Waals surface area contributed by atoms with Gasteiger partial charge < -0.3 is 13.6 Å². The normalized spacial score (nSPS) is 15.2. The molecular formula is C22H42Br2O4Si2. The molecule has 0 aromatic rings. The van der Waals surface area contributed by atoms with E-state index in [4.69, 9.17) is 13.6 Å². The van der Waals surface area contributed by atoms with Crippen LogP contribution in [0.5, 0.6) is 0 Å². The predicted octanol–water partition coefficient (Wildman–Crippen LogP) is 7.91. The first kappa shape index (κ1) is 30.3. The molecule has 0 fully saturated rings. The number of allylic oxidation sites excluding steroid dienone is 2. The summed E-state index contributed by atoms with van der Waals surface area (Å²) in [7, 11) is -3.84. The summed E-state index contributed by atoms with van der Waals surface area (Å²) >= 11 is 6.79. The first-order valence-electron chi connectivity index (χ1n) is 10.9. The highest BCUT2D eigenvalue weighted by atomic mass is 79.9. The van der Waals surface area contributed by atoms with E-state index in [0.29, 0.717) is 6.42 Å².